The van der Waals surface area contributed by atoms with E-state index in [-0.39, 0.29) is 19.4 Å². The van der Waals surface area contributed by atoms with Crippen LogP contribution in [0.2, 0.25) is 0 Å². The molecule has 6 heteroatoms. The summed E-state index contributed by atoms with van der Waals surface area (Å²) >= 11 is 0. The molecular weight excluding hydrogens is 260 g/mol. The number of carbonyl (C=O) groups excluding carboxylic acids is 1. The molecule has 1 heterocycles. The zero-order valence-corrected chi connectivity index (χ0v) is 11.5. The third kappa shape index (κ3) is 3.85. The van der Waals surface area contributed by atoms with Gasteiger partial charge < -0.3 is 25.6 Å². The minimum absolute atomic E-state index is 0.175. The van der Waals surface area contributed by atoms with E-state index in [1.165, 1.54) is 5.56 Å². The van der Waals surface area contributed by atoms with Gasteiger partial charge in [-0.1, -0.05) is 6.07 Å². The quantitative estimate of drug-likeness (QED) is 0.662. The fraction of sp³-hybridized carbons (Fsp3) is 0.500. The lowest BCUT2D eigenvalue weighted by atomic mass is 10.1. The molecule has 0 spiro atoms. The monoisotopic (exact) mass is 280 g/mol. The summed E-state index contributed by atoms with van der Waals surface area (Å²) in [6.45, 7) is 2.46. The highest BCUT2D eigenvalue weighted by Gasteiger charge is 2.14. The molecule has 0 fully saturated rings. The molecule has 20 heavy (non-hydrogen) atoms. The van der Waals surface area contributed by atoms with Crippen molar-refractivity contribution in [3.63, 3.8) is 0 Å². The van der Waals surface area contributed by atoms with E-state index in [1.54, 1.807) is 0 Å². The third-order valence-corrected chi connectivity index (χ3v) is 3.29. The number of carbonyl (C=O) groups is 1. The number of primary amides is 1. The lowest BCUT2D eigenvalue weighted by molar-refractivity contribution is -0.125. The first kappa shape index (κ1) is 14.6. The van der Waals surface area contributed by atoms with Crippen molar-refractivity contribution in [1.82, 2.24) is 5.32 Å². The van der Waals surface area contributed by atoms with Crippen LogP contribution in [0.5, 0.6) is 11.5 Å². The number of benzene rings is 1. The minimum atomic E-state index is -1.14. The van der Waals surface area contributed by atoms with E-state index in [0.29, 0.717) is 0 Å². The summed E-state index contributed by atoms with van der Waals surface area (Å²) < 4.78 is 10.6. The first-order valence-electron chi connectivity index (χ1n) is 6.65. The number of rotatable bonds is 7. The van der Waals surface area contributed by atoms with Gasteiger partial charge in [-0.3, -0.25) is 4.79 Å². The van der Waals surface area contributed by atoms with Crippen molar-refractivity contribution < 1.29 is 19.4 Å². The Morgan fingerprint density at radius 1 is 1.45 bits per heavy atom. The van der Waals surface area contributed by atoms with Crippen molar-refractivity contribution in [3.05, 3.63) is 23.8 Å². The van der Waals surface area contributed by atoms with Gasteiger partial charge in [0.25, 0.3) is 0 Å². The maximum atomic E-state index is 10.7. The van der Waals surface area contributed by atoms with E-state index in [0.717, 1.165) is 24.3 Å². The van der Waals surface area contributed by atoms with Crippen LogP contribution >= 0.6 is 0 Å². The molecule has 1 aliphatic heterocycles. The van der Waals surface area contributed by atoms with Gasteiger partial charge >= 0.3 is 0 Å². The van der Waals surface area contributed by atoms with E-state index in [9.17, 15) is 9.90 Å². The average Bonchev–Trinajstić information content (AvgIpc) is 2.89. The number of amides is 1. The molecule has 1 aliphatic rings. The van der Waals surface area contributed by atoms with Crippen LogP contribution < -0.4 is 20.5 Å². The number of nitrogens with two attached hydrogens (primary N) is 1. The van der Waals surface area contributed by atoms with E-state index in [2.05, 4.69) is 5.32 Å². The van der Waals surface area contributed by atoms with Crippen molar-refractivity contribution in [2.75, 3.05) is 13.3 Å². The first-order valence-corrected chi connectivity index (χ1v) is 6.65. The molecule has 0 aromatic heterocycles. The molecule has 2 rings (SSSR count). The highest BCUT2D eigenvalue weighted by molar-refractivity contribution is 5.78. The van der Waals surface area contributed by atoms with Crippen LogP contribution in [0.25, 0.3) is 0 Å². The summed E-state index contributed by atoms with van der Waals surface area (Å²) in [4.78, 5) is 10.7. The first-order chi connectivity index (χ1) is 9.56. The van der Waals surface area contributed by atoms with Crippen molar-refractivity contribution in [2.24, 2.45) is 5.73 Å². The molecule has 1 aromatic carbocycles. The summed E-state index contributed by atoms with van der Waals surface area (Å²) in [5.74, 6) is 0.859. The molecule has 110 valence electrons. The van der Waals surface area contributed by atoms with Crippen LogP contribution in [0.3, 0.4) is 0 Å². The molecule has 0 saturated carbocycles. The van der Waals surface area contributed by atoms with Crippen molar-refractivity contribution in [3.8, 4) is 11.5 Å². The summed E-state index contributed by atoms with van der Waals surface area (Å²) in [6.07, 6.45) is 0.616. The van der Waals surface area contributed by atoms with Crippen molar-refractivity contribution >= 4 is 5.91 Å². The Hall–Kier alpha value is -1.79. The number of aliphatic hydroxyl groups excluding tert-OH is 1. The van der Waals surface area contributed by atoms with Crippen LogP contribution in [0, 0.1) is 0 Å². The molecule has 1 aromatic rings. The molecule has 0 bridgehead atoms. The van der Waals surface area contributed by atoms with Gasteiger partial charge in [0.2, 0.25) is 12.7 Å². The highest BCUT2D eigenvalue weighted by atomic mass is 16.7. The second-order valence-corrected chi connectivity index (χ2v) is 4.95. The summed E-state index contributed by atoms with van der Waals surface area (Å²) in [5, 5.41) is 12.4. The molecule has 2 unspecified atom stereocenters. The lowest BCUT2D eigenvalue weighted by Crippen LogP contribution is -2.40. The van der Waals surface area contributed by atoms with E-state index in [1.807, 2.05) is 25.1 Å². The molecule has 0 saturated heterocycles. The van der Waals surface area contributed by atoms with Crippen LogP contribution in [0.1, 0.15) is 18.9 Å². The zero-order chi connectivity index (χ0) is 14.5. The summed E-state index contributed by atoms with van der Waals surface area (Å²) in [7, 11) is 0. The fourth-order valence-corrected chi connectivity index (χ4v) is 2.00. The molecule has 6 nitrogen and oxygen atoms in total. The van der Waals surface area contributed by atoms with Gasteiger partial charge in [-0.05, 0) is 37.5 Å². The van der Waals surface area contributed by atoms with Gasteiger partial charge in [0.15, 0.2) is 11.5 Å². The van der Waals surface area contributed by atoms with Gasteiger partial charge in [-0.2, -0.15) is 0 Å². The topological polar surface area (TPSA) is 93.8 Å². The predicted molar refractivity (Wildman–Crippen MR) is 73.6 cm³/mol. The second kappa shape index (κ2) is 6.58. The van der Waals surface area contributed by atoms with E-state index >= 15 is 0 Å². The Morgan fingerprint density at radius 2 is 2.20 bits per heavy atom. The Morgan fingerprint density at radius 3 is 2.95 bits per heavy atom. The molecule has 0 radical (unpaired) electrons. The number of fused-ring (bicyclic) bond motifs is 1. The number of nitrogens with one attached hydrogen (secondary N) is 1. The second-order valence-electron chi connectivity index (χ2n) is 4.95. The van der Waals surface area contributed by atoms with E-state index < -0.39 is 12.0 Å². The standard InChI is InChI=1S/C14H20N2O4/c1-9(16-7-11(17)14(15)18)2-3-10-4-5-12-13(6-10)20-8-19-12/h4-6,9,11,16-17H,2-3,7-8H2,1H3,(H2,15,18). The van der Waals surface area contributed by atoms with Gasteiger partial charge in [0, 0.05) is 12.6 Å². The molecule has 0 aliphatic carbocycles. The van der Waals surface area contributed by atoms with Crippen LogP contribution in [-0.2, 0) is 11.2 Å². The number of aliphatic hydroxyl groups is 1. The molecular formula is C14H20N2O4. The van der Waals surface area contributed by atoms with Gasteiger partial charge in [0.1, 0.15) is 6.10 Å². The van der Waals surface area contributed by atoms with Crippen molar-refractivity contribution in [1.29, 1.82) is 0 Å². The normalized spacial score (nSPS) is 15.9. The van der Waals surface area contributed by atoms with Gasteiger partial charge in [-0.25, -0.2) is 0 Å². The number of ether oxygens (including phenoxy) is 2. The Labute approximate surface area is 117 Å². The largest absolute Gasteiger partial charge is 0.454 e. The third-order valence-electron chi connectivity index (χ3n) is 3.29. The zero-order valence-electron chi connectivity index (χ0n) is 11.5. The molecule has 1 amide bonds. The number of aryl methyl sites for hydroxylation is 1. The maximum Gasteiger partial charge on any atom is 0.247 e. The Bertz CT molecular complexity index is 478. The minimum Gasteiger partial charge on any atom is -0.454 e. The Balaban J connectivity index is 1.76. The number of hydrogen-bond donors (Lipinski definition) is 3. The van der Waals surface area contributed by atoms with Crippen LogP contribution in [0.15, 0.2) is 18.2 Å². The maximum absolute atomic E-state index is 10.7. The SMILES string of the molecule is CC(CCc1ccc2c(c1)OCO2)NCC(O)C(N)=O. The fourth-order valence-electron chi connectivity index (χ4n) is 2.00. The number of hydrogen-bond acceptors (Lipinski definition) is 5. The van der Waals surface area contributed by atoms with Gasteiger partial charge in [-0.15, -0.1) is 0 Å². The molecule has 2 atom stereocenters. The molecule has 4 N–H and O–H groups in total. The smallest absolute Gasteiger partial charge is 0.247 e. The summed E-state index contributed by atoms with van der Waals surface area (Å²) in [5.41, 5.74) is 6.15. The van der Waals surface area contributed by atoms with Crippen molar-refractivity contribution in [2.45, 2.75) is 31.9 Å². The summed E-state index contributed by atoms with van der Waals surface area (Å²) in [6, 6.07) is 6.08. The average molecular weight is 280 g/mol. The highest BCUT2D eigenvalue weighted by Crippen LogP contribution is 2.32. The lowest BCUT2D eigenvalue weighted by Gasteiger charge is -2.15. The van der Waals surface area contributed by atoms with Crippen LogP contribution in [-0.4, -0.2) is 36.5 Å². The van der Waals surface area contributed by atoms with Gasteiger partial charge in [0.05, 0.1) is 0 Å². The van der Waals surface area contributed by atoms with E-state index in [4.69, 9.17) is 15.2 Å². The van der Waals surface area contributed by atoms with Crippen LogP contribution in [0.4, 0.5) is 0 Å². The predicted octanol–water partition coefficient (Wildman–Crippen LogP) is 0.172. The Kier molecular flexibility index (Phi) is 4.81.